The van der Waals surface area contributed by atoms with Crippen molar-refractivity contribution in [2.75, 3.05) is 0 Å². The zero-order chi connectivity index (χ0) is 11.0. The first-order chi connectivity index (χ1) is 7.11. The van der Waals surface area contributed by atoms with E-state index in [2.05, 4.69) is 27.6 Å². The second-order valence-corrected chi connectivity index (χ2v) is 5.17. The molecular formula is C9H4I2N2O2. The predicted octanol–water partition coefficient (Wildman–Crippen LogP) is 3.35. The van der Waals surface area contributed by atoms with Gasteiger partial charge in [-0.05, 0) is 63.4 Å². The summed E-state index contributed by atoms with van der Waals surface area (Å²) in [5.41, 5.74) is 0.547. The van der Waals surface area contributed by atoms with Crippen LogP contribution in [0.3, 0.4) is 0 Å². The molecule has 4 nitrogen and oxygen atoms in total. The van der Waals surface area contributed by atoms with Crippen LogP contribution in [0.4, 0.5) is 5.69 Å². The van der Waals surface area contributed by atoms with Gasteiger partial charge in [0.2, 0.25) is 0 Å². The maximum Gasteiger partial charge on any atom is 0.308 e. The Labute approximate surface area is 113 Å². The van der Waals surface area contributed by atoms with Gasteiger partial charge in [0, 0.05) is 15.2 Å². The van der Waals surface area contributed by atoms with Gasteiger partial charge in [0.05, 0.1) is 8.49 Å². The third-order valence-electron chi connectivity index (χ3n) is 1.95. The maximum absolute atomic E-state index is 10.9. The van der Waals surface area contributed by atoms with Crippen LogP contribution in [-0.4, -0.2) is 9.91 Å². The summed E-state index contributed by atoms with van der Waals surface area (Å²) in [6, 6.07) is 5.41. The van der Waals surface area contributed by atoms with E-state index >= 15 is 0 Å². The molecule has 1 heterocycles. The normalized spacial score (nSPS) is 10.5. The quantitative estimate of drug-likeness (QED) is 0.400. The zero-order valence-corrected chi connectivity index (χ0v) is 11.6. The van der Waals surface area contributed by atoms with E-state index in [4.69, 9.17) is 0 Å². The molecule has 0 atom stereocenters. The van der Waals surface area contributed by atoms with Crippen molar-refractivity contribution in [1.82, 2.24) is 4.98 Å². The van der Waals surface area contributed by atoms with E-state index in [1.165, 1.54) is 0 Å². The number of nitro benzene ring substituents is 1. The van der Waals surface area contributed by atoms with Crippen LogP contribution in [0, 0.1) is 17.3 Å². The molecule has 0 amide bonds. The van der Waals surface area contributed by atoms with Crippen molar-refractivity contribution in [3.8, 4) is 0 Å². The SMILES string of the molecule is O=[N+]([O-])c1c(I)cc(I)c2cccnc12. The van der Waals surface area contributed by atoms with Gasteiger partial charge in [-0.3, -0.25) is 10.1 Å². The Kier molecular flexibility index (Phi) is 3.05. The highest BCUT2D eigenvalue weighted by Crippen LogP contribution is 2.32. The number of nitro groups is 1. The van der Waals surface area contributed by atoms with Gasteiger partial charge in [0.25, 0.3) is 0 Å². The minimum absolute atomic E-state index is 0.0895. The Morgan fingerprint density at radius 3 is 2.73 bits per heavy atom. The highest BCUT2D eigenvalue weighted by atomic mass is 127. The number of rotatable bonds is 1. The smallest absolute Gasteiger partial charge is 0.258 e. The summed E-state index contributed by atoms with van der Waals surface area (Å²) >= 11 is 4.12. The summed E-state index contributed by atoms with van der Waals surface area (Å²) in [6.45, 7) is 0. The average molecular weight is 426 g/mol. The Morgan fingerprint density at radius 1 is 1.33 bits per heavy atom. The molecule has 0 N–H and O–H groups in total. The summed E-state index contributed by atoms with van der Waals surface area (Å²) in [6.07, 6.45) is 1.57. The first kappa shape index (κ1) is 11.0. The molecule has 0 saturated carbocycles. The molecule has 0 saturated heterocycles. The second-order valence-electron chi connectivity index (χ2n) is 2.85. The molecule has 15 heavy (non-hydrogen) atoms. The lowest BCUT2D eigenvalue weighted by Gasteiger charge is -2.02. The Balaban J connectivity index is 2.96. The first-order valence-electron chi connectivity index (χ1n) is 3.98. The van der Waals surface area contributed by atoms with E-state index in [0.29, 0.717) is 9.09 Å². The molecule has 0 fully saturated rings. The molecule has 0 aliphatic rings. The fourth-order valence-corrected chi connectivity index (χ4v) is 3.44. The number of hydrogen-bond donors (Lipinski definition) is 0. The van der Waals surface area contributed by atoms with Crippen LogP contribution in [-0.2, 0) is 0 Å². The van der Waals surface area contributed by atoms with Crippen LogP contribution >= 0.6 is 45.2 Å². The van der Waals surface area contributed by atoms with Crippen molar-refractivity contribution in [1.29, 1.82) is 0 Å². The lowest BCUT2D eigenvalue weighted by atomic mass is 10.2. The zero-order valence-electron chi connectivity index (χ0n) is 7.28. The number of nitrogens with zero attached hydrogens (tertiary/aromatic N) is 2. The minimum Gasteiger partial charge on any atom is -0.258 e. The van der Waals surface area contributed by atoms with Crippen LogP contribution in [0.5, 0.6) is 0 Å². The maximum atomic E-state index is 10.9. The largest absolute Gasteiger partial charge is 0.308 e. The molecule has 1 aromatic heterocycles. The van der Waals surface area contributed by atoms with E-state index in [1.54, 1.807) is 18.3 Å². The molecule has 0 bridgehead atoms. The van der Waals surface area contributed by atoms with Crippen molar-refractivity contribution in [2.24, 2.45) is 0 Å². The summed E-state index contributed by atoms with van der Waals surface area (Å²) in [4.78, 5) is 14.6. The van der Waals surface area contributed by atoms with Gasteiger partial charge < -0.3 is 0 Å². The molecule has 0 spiro atoms. The number of benzene rings is 1. The summed E-state index contributed by atoms with van der Waals surface area (Å²) in [5, 5.41) is 11.7. The van der Waals surface area contributed by atoms with Crippen LogP contribution in [0.15, 0.2) is 24.4 Å². The molecule has 0 aliphatic heterocycles. The molecule has 0 aliphatic carbocycles. The van der Waals surface area contributed by atoms with E-state index in [9.17, 15) is 10.1 Å². The van der Waals surface area contributed by atoms with E-state index in [1.807, 2.05) is 28.7 Å². The Hall–Kier alpha value is -0.510. The highest BCUT2D eigenvalue weighted by molar-refractivity contribution is 14.1. The number of aromatic nitrogens is 1. The Bertz CT molecular complexity index is 557. The fraction of sp³-hybridized carbons (Fsp3) is 0. The summed E-state index contributed by atoms with van der Waals surface area (Å²) in [7, 11) is 0. The number of halogens is 2. The highest BCUT2D eigenvalue weighted by Gasteiger charge is 2.19. The van der Waals surface area contributed by atoms with Gasteiger partial charge >= 0.3 is 5.69 Å². The number of hydrogen-bond acceptors (Lipinski definition) is 3. The third kappa shape index (κ3) is 1.92. The summed E-state index contributed by atoms with van der Waals surface area (Å²) in [5.74, 6) is 0. The summed E-state index contributed by atoms with van der Waals surface area (Å²) < 4.78 is 1.60. The number of pyridine rings is 1. The van der Waals surface area contributed by atoms with Gasteiger partial charge in [0.15, 0.2) is 0 Å². The molecule has 2 rings (SSSR count). The van der Waals surface area contributed by atoms with Gasteiger partial charge in [-0.15, -0.1) is 0 Å². The van der Waals surface area contributed by atoms with Crippen LogP contribution < -0.4 is 0 Å². The lowest BCUT2D eigenvalue weighted by molar-refractivity contribution is -0.384. The van der Waals surface area contributed by atoms with Crippen LogP contribution in [0.2, 0.25) is 0 Å². The standard InChI is InChI=1S/C9H4I2N2O2/c10-6-4-7(11)9(13(14)15)8-5(6)2-1-3-12-8/h1-4H. The predicted molar refractivity (Wildman–Crippen MR) is 73.8 cm³/mol. The molecule has 76 valence electrons. The van der Waals surface area contributed by atoms with Gasteiger partial charge in [-0.25, -0.2) is 4.98 Å². The van der Waals surface area contributed by atoms with E-state index in [0.717, 1.165) is 8.96 Å². The van der Waals surface area contributed by atoms with E-state index in [-0.39, 0.29) is 10.6 Å². The third-order valence-corrected chi connectivity index (χ3v) is 3.67. The van der Waals surface area contributed by atoms with Gasteiger partial charge in [0.1, 0.15) is 5.52 Å². The lowest BCUT2D eigenvalue weighted by Crippen LogP contribution is -1.96. The van der Waals surface area contributed by atoms with E-state index < -0.39 is 0 Å². The molecule has 1 aromatic carbocycles. The monoisotopic (exact) mass is 426 g/mol. The van der Waals surface area contributed by atoms with Crippen LogP contribution in [0.1, 0.15) is 0 Å². The van der Waals surface area contributed by atoms with Gasteiger partial charge in [-0.2, -0.15) is 0 Å². The topological polar surface area (TPSA) is 56.0 Å². The molecular weight excluding hydrogens is 422 g/mol. The first-order valence-corrected chi connectivity index (χ1v) is 6.14. The molecule has 6 heteroatoms. The van der Waals surface area contributed by atoms with Crippen molar-refractivity contribution in [3.05, 3.63) is 41.7 Å². The van der Waals surface area contributed by atoms with Crippen molar-refractivity contribution < 1.29 is 4.92 Å². The molecule has 0 radical (unpaired) electrons. The van der Waals surface area contributed by atoms with Crippen molar-refractivity contribution >= 4 is 61.8 Å². The van der Waals surface area contributed by atoms with Gasteiger partial charge in [-0.1, -0.05) is 0 Å². The van der Waals surface area contributed by atoms with Crippen LogP contribution in [0.25, 0.3) is 10.9 Å². The molecule has 0 unspecified atom stereocenters. The minimum atomic E-state index is -0.382. The Morgan fingerprint density at radius 2 is 2.07 bits per heavy atom. The fourth-order valence-electron chi connectivity index (χ4n) is 1.33. The van der Waals surface area contributed by atoms with Crippen molar-refractivity contribution in [2.45, 2.75) is 0 Å². The number of fused-ring (bicyclic) bond motifs is 1. The van der Waals surface area contributed by atoms with Crippen molar-refractivity contribution in [3.63, 3.8) is 0 Å². The molecule has 2 aromatic rings. The average Bonchev–Trinajstić information content (AvgIpc) is 2.17. The second kappa shape index (κ2) is 4.16.